The Balaban J connectivity index is 1.98. The standard InChI is InChI=1S/C19H22N4O4S/c1-13(2)21-19(28)22-20-11-15-6-9-17(18(10-15)26-3)27-12-14-4-7-16(8-5-14)23(24)25/h4-11,13H,12H2,1-3H3,(H2,21,22,28)/b20-11-. The van der Waals surface area contributed by atoms with E-state index >= 15 is 0 Å². The van der Waals surface area contributed by atoms with Gasteiger partial charge >= 0.3 is 0 Å². The van der Waals surface area contributed by atoms with Gasteiger partial charge < -0.3 is 14.8 Å². The summed E-state index contributed by atoms with van der Waals surface area (Å²) in [5.74, 6) is 1.11. The van der Waals surface area contributed by atoms with Gasteiger partial charge in [0.15, 0.2) is 16.6 Å². The molecule has 0 atom stereocenters. The van der Waals surface area contributed by atoms with Crippen LogP contribution in [0.4, 0.5) is 5.69 Å². The second kappa shape index (κ2) is 10.2. The molecule has 2 aromatic rings. The summed E-state index contributed by atoms with van der Waals surface area (Å²) < 4.78 is 11.1. The number of hydrogen-bond acceptors (Lipinski definition) is 6. The minimum atomic E-state index is -0.436. The molecule has 2 aromatic carbocycles. The number of hydrogen-bond donors (Lipinski definition) is 2. The summed E-state index contributed by atoms with van der Waals surface area (Å²) in [5.41, 5.74) is 4.41. The van der Waals surface area contributed by atoms with Gasteiger partial charge in [0.1, 0.15) is 6.61 Å². The largest absolute Gasteiger partial charge is 0.493 e. The lowest BCUT2D eigenvalue weighted by Crippen LogP contribution is -2.36. The predicted octanol–water partition coefficient (Wildman–Crippen LogP) is 3.39. The number of nitro groups is 1. The Morgan fingerprint density at radius 1 is 1.25 bits per heavy atom. The summed E-state index contributed by atoms with van der Waals surface area (Å²) in [6.07, 6.45) is 1.62. The maximum absolute atomic E-state index is 10.7. The molecule has 0 saturated carbocycles. The molecule has 0 amide bonds. The van der Waals surface area contributed by atoms with Gasteiger partial charge in [0, 0.05) is 18.2 Å². The number of nitrogens with zero attached hydrogens (tertiary/aromatic N) is 2. The first-order valence-electron chi connectivity index (χ1n) is 8.52. The minimum Gasteiger partial charge on any atom is -0.493 e. The summed E-state index contributed by atoms with van der Waals surface area (Å²) >= 11 is 5.10. The molecule has 0 aliphatic carbocycles. The van der Waals surface area contributed by atoms with Crippen molar-refractivity contribution in [1.29, 1.82) is 0 Å². The van der Waals surface area contributed by atoms with Crippen molar-refractivity contribution in [3.8, 4) is 11.5 Å². The number of nitro benzene ring substituents is 1. The molecule has 0 aromatic heterocycles. The molecule has 8 nitrogen and oxygen atoms in total. The molecule has 0 fully saturated rings. The van der Waals surface area contributed by atoms with Crippen molar-refractivity contribution in [2.45, 2.75) is 26.5 Å². The fourth-order valence-corrected chi connectivity index (χ4v) is 2.51. The highest BCUT2D eigenvalue weighted by molar-refractivity contribution is 7.80. The molecule has 28 heavy (non-hydrogen) atoms. The lowest BCUT2D eigenvalue weighted by Gasteiger charge is -2.11. The van der Waals surface area contributed by atoms with E-state index in [1.54, 1.807) is 37.6 Å². The molecule has 0 aliphatic rings. The van der Waals surface area contributed by atoms with Crippen molar-refractivity contribution in [3.63, 3.8) is 0 Å². The molecule has 0 spiro atoms. The van der Waals surface area contributed by atoms with Crippen LogP contribution in [0.15, 0.2) is 47.6 Å². The number of hydrazone groups is 1. The van der Waals surface area contributed by atoms with Gasteiger partial charge in [-0.2, -0.15) is 5.10 Å². The second-order valence-electron chi connectivity index (χ2n) is 6.12. The molecule has 2 N–H and O–H groups in total. The maximum atomic E-state index is 10.7. The van der Waals surface area contributed by atoms with Crippen LogP contribution in [0.3, 0.4) is 0 Å². The Morgan fingerprint density at radius 2 is 1.96 bits per heavy atom. The van der Waals surface area contributed by atoms with E-state index in [1.807, 2.05) is 19.9 Å². The van der Waals surface area contributed by atoms with E-state index in [1.165, 1.54) is 12.1 Å². The van der Waals surface area contributed by atoms with Crippen LogP contribution in [0.25, 0.3) is 0 Å². The van der Waals surface area contributed by atoms with E-state index in [2.05, 4.69) is 15.8 Å². The third kappa shape index (κ3) is 6.51. The molecule has 9 heteroatoms. The fraction of sp³-hybridized carbons (Fsp3) is 0.263. The highest BCUT2D eigenvalue weighted by Crippen LogP contribution is 2.28. The van der Waals surface area contributed by atoms with Gasteiger partial charge in [0.25, 0.3) is 5.69 Å². The monoisotopic (exact) mass is 402 g/mol. The maximum Gasteiger partial charge on any atom is 0.269 e. The van der Waals surface area contributed by atoms with Crippen molar-refractivity contribution in [2.24, 2.45) is 5.10 Å². The van der Waals surface area contributed by atoms with Crippen LogP contribution in [-0.2, 0) is 6.61 Å². The molecule has 0 aliphatic heterocycles. The Kier molecular flexibility index (Phi) is 7.70. The summed E-state index contributed by atoms with van der Waals surface area (Å²) in [4.78, 5) is 10.3. The first kappa shape index (κ1) is 21.1. The van der Waals surface area contributed by atoms with Crippen molar-refractivity contribution in [3.05, 3.63) is 63.7 Å². The highest BCUT2D eigenvalue weighted by atomic mass is 32.1. The van der Waals surface area contributed by atoms with E-state index in [0.717, 1.165) is 11.1 Å². The lowest BCUT2D eigenvalue weighted by atomic mass is 10.2. The van der Waals surface area contributed by atoms with E-state index in [9.17, 15) is 10.1 Å². The summed E-state index contributed by atoms with van der Waals surface area (Å²) in [7, 11) is 1.55. The van der Waals surface area contributed by atoms with Crippen LogP contribution in [-0.4, -0.2) is 29.4 Å². The van der Waals surface area contributed by atoms with Crippen molar-refractivity contribution in [2.75, 3.05) is 7.11 Å². The first-order valence-corrected chi connectivity index (χ1v) is 8.93. The van der Waals surface area contributed by atoms with Crippen molar-refractivity contribution >= 4 is 29.2 Å². The predicted molar refractivity (Wildman–Crippen MR) is 112 cm³/mol. The molecular formula is C19H22N4O4S. The average molecular weight is 402 g/mol. The van der Waals surface area contributed by atoms with E-state index < -0.39 is 4.92 Å². The third-order valence-electron chi connectivity index (χ3n) is 3.53. The molecule has 0 heterocycles. The van der Waals surface area contributed by atoms with Crippen LogP contribution in [0, 0.1) is 10.1 Å². The van der Waals surface area contributed by atoms with E-state index in [-0.39, 0.29) is 18.3 Å². The zero-order chi connectivity index (χ0) is 20.5. The smallest absolute Gasteiger partial charge is 0.269 e. The minimum absolute atomic E-state index is 0.0432. The van der Waals surface area contributed by atoms with Gasteiger partial charge in [0.05, 0.1) is 18.2 Å². The van der Waals surface area contributed by atoms with Crippen LogP contribution in [0.2, 0.25) is 0 Å². The van der Waals surface area contributed by atoms with Crippen LogP contribution in [0.5, 0.6) is 11.5 Å². The van der Waals surface area contributed by atoms with Gasteiger partial charge in [0.2, 0.25) is 0 Å². The Labute approximate surface area is 168 Å². The second-order valence-corrected chi connectivity index (χ2v) is 6.53. The quantitative estimate of drug-likeness (QED) is 0.302. The van der Waals surface area contributed by atoms with Crippen LogP contribution >= 0.6 is 12.2 Å². The van der Waals surface area contributed by atoms with Gasteiger partial charge in [-0.3, -0.25) is 15.5 Å². The molecule has 0 unspecified atom stereocenters. The zero-order valence-corrected chi connectivity index (χ0v) is 16.7. The summed E-state index contributed by atoms with van der Waals surface area (Å²) in [5, 5.41) is 18.3. The number of methoxy groups -OCH3 is 1. The first-order chi connectivity index (χ1) is 13.4. The summed E-state index contributed by atoms with van der Waals surface area (Å²) in [6.45, 7) is 4.23. The van der Waals surface area contributed by atoms with Crippen LogP contribution < -0.4 is 20.2 Å². The Morgan fingerprint density at radius 3 is 2.57 bits per heavy atom. The molecule has 0 bridgehead atoms. The van der Waals surface area contributed by atoms with E-state index in [0.29, 0.717) is 16.6 Å². The highest BCUT2D eigenvalue weighted by Gasteiger charge is 2.08. The van der Waals surface area contributed by atoms with Gasteiger partial charge in [-0.05, 0) is 67.5 Å². The normalized spacial score (nSPS) is 10.7. The number of ether oxygens (including phenoxy) is 2. The number of non-ortho nitro benzene ring substituents is 1. The van der Waals surface area contributed by atoms with Crippen molar-refractivity contribution in [1.82, 2.24) is 10.7 Å². The Hall–Kier alpha value is -3.20. The fourth-order valence-electron chi connectivity index (χ4n) is 2.22. The summed E-state index contributed by atoms with van der Waals surface area (Å²) in [6, 6.07) is 11.8. The molecule has 0 radical (unpaired) electrons. The SMILES string of the molecule is COc1cc(/C=N\NC(=S)NC(C)C)ccc1OCc1ccc([N+](=O)[O-])cc1. The van der Waals surface area contributed by atoms with Gasteiger partial charge in [-0.25, -0.2) is 0 Å². The number of benzene rings is 2. The number of nitrogens with one attached hydrogen (secondary N) is 2. The topological polar surface area (TPSA) is 98.0 Å². The number of rotatable bonds is 8. The Bertz CT molecular complexity index is 854. The molecule has 2 rings (SSSR count). The van der Waals surface area contributed by atoms with Gasteiger partial charge in [-0.1, -0.05) is 0 Å². The van der Waals surface area contributed by atoms with E-state index in [4.69, 9.17) is 21.7 Å². The number of thiocarbonyl (C=S) groups is 1. The zero-order valence-electron chi connectivity index (χ0n) is 15.8. The van der Waals surface area contributed by atoms with Crippen LogP contribution in [0.1, 0.15) is 25.0 Å². The van der Waals surface area contributed by atoms with Crippen molar-refractivity contribution < 1.29 is 14.4 Å². The molecule has 148 valence electrons. The molecular weight excluding hydrogens is 380 g/mol. The average Bonchev–Trinajstić information content (AvgIpc) is 2.66. The molecule has 0 saturated heterocycles. The van der Waals surface area contributed by atoms with Gasteiger partial charge in [-0.15, -0.1) is 0 Å². The lowest BCUT2D eigenvalue weighted by molar-refractivity contribution is -0.384. The third-order valence-corrected chi connectivity index (χ3v) is 3.74.